The maximum Gasteiger partial charge on any atom is 0.254 e. The first kappa shape index (κ1) is 24.6. The number of piperidine rings is 1. The molecule has 1 aliphatic carbocycles. The Labute approximate surface area is 217 Å². The summed E-state index contributed by atoms with van der Waals surface area (Å²) in [6, 6.07) is 12.6. The van der Waals surface area contributed by atoms with Gasteiger partial charge >= 0.3 is 0 Å². The van der Waals surface area contributed by atoms with Crippen LogP contribution in [0.1, 0.15) is 78.4 Å². The van der Waals surface area contributed by atoms with E-state index in [1.54, 1.807) is 12.1 Å². The second kappa shape index (κ2) is 10.9. The maximum atomic E-state index is 13.9. The van der Waals surface area contributed by atoms with E-state index >= 15 is 0 Å². The summed E-state index contributed by atoms with van der Waals surface area (Å²) in [7, 11) is 0. The molecule has 1 saturated carbocycles. The molecule has 2 amide bonds. The van der Waals surface area contributed by atoms with Crippen LogP contribution < -0.4 is 5.32 Å². The fraction of sp³-hybridized carbons (Fsp3) is 0.500. The molecule has 5 nitrogen and oxygen atoms in total. The molecule has 0 spiro atoms. The van der Waals surface area contributed by atoms with Crippen LogP contribution in [0.2, 0.25) is 10.0 Å². The third-order valence-corrected chi connectivity index (χ3v) is 8.40. The van der Waals surface area contributed by atoms with Gasteiger partial charge in [0, 0.05) is 34.7 Å². The summed E-state index contributed by atoms with van der Waals surface area (Å²) in [5.74, 6) is -0.605. The van der Waals surface area contributed by atoms with Gasteiger partial charge in [0.1, 0.15) is 0 Å². The molecule has 3 aliphatic rings. The lowest BCUT2D eigenvalue weighted by Gasteiger charge is -2.45. The molecule has 2 aliphatic heterocycles. The van der Waals surface area contributed by atoms with Crippen LogP contribution in [0.3, 0.4) is 0 Å². The molecule has 2 atom stereocenters. The summed E-state index contributed by atoms with van der Waals surface area (Å²) in [6.07, 6.45) is 7.79. The predicted molar refractivity (Wildman–Crippen MR) is 140 cm³/mol. The number of amides is 2. The van der Waals surface area contributed by atoms with Crippen molar-refractivity contribution in [2.75, 3.05) is 26.2 Å². The molecule has 0 bridgehead atoms. The Balaban J connectivity index is 1.51. The highest BCUT2D eigenvalue weighted by atomic mass is 35.5. The number of carbonyl (C=O) groups excluding carboxylic acids is 2. The molecule has 2 heterocycles. The molecule has 0 aromatic heterocycles. The Hall–Kier alpha value is -2.08. The summed E-state index contributed by atoms with van der Waals surface area (Å²) in [5.41, 5.74) is 2.18. The Morgan fingerprint density at radius 1 is 0.943 bits per heavy atom. The lowest BCUT2D eigenvalue weighted by atomic mass is 9.78. The van der Waals surface area contributed by atoms with Crippen molar-refractivity contribution in [3.63, 3.8) is 0 Å². The van der Waals surface area contributed by atoms with Crippen LogP contribution in [0.25, 0.3) is 0 Å². The Morgan fingerprint density at radius 2 is 1.69 bits per heavy atom. The molecule has 2 aromatic rings. The molecule has 1 saturated heterocycles. The molecule has 186 valence electrons. The second-order valence-corrected chi connectivity index (χ2v) is 10.9. The lowest BCUT2D eigenvalue weighted by Crippen LogP contribution is -2.51. The van der Waals surface area contributed by atoms with Gasteiger partial charge in [-0.05, 0) is 68.1 Å². The summed E-state index contributed by atoms with van der Waals surface area (Å²) < 4.78 is 0. The standard InChI is InChI=1S/C28H33Cl2N3O2/c29-19-12-13-23(24(30)18-19)26-25(27(34)31-14-17-32-15-6-1-7-16-32)21-10-4-5-11-22(21)28(35)33(26)20-8-2-3-9-20/h4-5,10-13,18,20,25-26H,1-3,6-9,14-17H2,(H,31,34)/t25-,26+/m1/s1. The Bertz CT molecular complexity index is 1080. The zero-order valence-corrected chi connectivity index (χ0v) is 21.5. The molecule has 2 fully saturated rings. The first-order valence-electron chi connectivity index (χ1n) is 12.9. The van der Waals surface area contributed by atoms with Crippen molar-refractivity contribution in [2.45, 2.75) is 62.9 Å². The summed E-state index contributed by atoms with van der Waals surface area (Å²) >= 11 is 12.9. The second-order valence-electron chi connectivity index (χ2n) is 10.0. The van der Waals surface area contributed by atoms with Gasteiger partial charge in [-0.1, -0.05) is 66.7 Å². The fourth-order valence-electron chi connectivity index (χ4n) is 6.12. The Kier molecular flexibility index (Phi) is 7.66. The number of halogens is 2. The van der Waals surface area contributed by atoms with Crippen LogP contribution in [-0.2, 0) is 4.79 Å². The largest absolute Gasteiger partial charge is 0.354 e. The first-order chi connectivity index (χ1) is 17.0. The van der Waals surface area contributed by atoms with E-state index in [9.17, 15) is 9.59 Å². The number of hydrogen-bond donors (Lipinski definition) is 1. The minimum atomic E-state index is -0.537. The minimum Gasteiger partial charge on any atom is -0.354 e. The van der Waals surface area contributed by atoms with Gasteiger partial charge in [0.15, 0.2) is 0 Å². The molecule has 7 heteroatoms. The topological polar surface area (TPSA) is 52.7 Å². The van der Waals surface area contributed by atoms with E-state index < -0.39 is 12.0 Å². The maximum absolute atomic E-state index is 13.9. The van der Waals surface area contributed by atoms with E-state index in [-0.39, 0.29) is 17.9 Å². The average Bonchev–Trinajstić information content (AvgIpc) is 3.39. The summed E-state index contributed by atoms with van der Waals surface area (Å²) in [5, 5.41) is 4.24. The van der Waals surface area contributed by atoms with Gasteiger partial charge in [0.2, 0.25) is 5.91 Å². The van der Waals surface area contributed by atoms with Gasteiger partial charge in [-0.25, -0.2) is 0 Å². The number of carbonyl (C=O) groups is 2. The minimum absolute atomic E-state index is 0.0131. The average molecular weight is 514 g/mol. The summed E-state index contributed by atoms with van der Waals surface area (Å²) in [6.45, 7) is 3.62. The SMILES string of the molecule is O=C(NCCN1CCCCC1)[C@@H]1c2ccccc2C(=O)N(C2CCCC2)[C@H]1c1ccc(Cl)cc1Cl. The van der Waals surface area contributed by atoms with Gasteiger partial charge in [0.05, 0.1) is 12.0 Å². The van der Waals surface area contributed by atoms with E-state index in [0.717, 1.165) is 56.4 Å². The number of rotatable bonds is 6. The lowest BCUT2D eigenvalue weighted by molar-refractivity contribution is -0.124. The van der Waals surface area contributed by atoms with E-state index in [1.807, 2.05) is 35.2 Å². The van der Waals surface area contributed by atoms with Crippen LogP contribution in [0, 0.1) is 0 Å². The van der Waals surface area contributed by atoms with Gasteiger partial charge in [-0.3, -0.25) is 9.59 Å². The number of fused-ring (bicyclic) bond motifs is 1. The van der Waals surface area contributed by atoms with Crippen molar-refractivity contribution in [2.24, 2.45) is 0 Å². The number of nitrogens with zero attached hydrogens (tertiary/aromatic N) is 2. The summed E-state index contributed by atoms with van der Waals surface area (Å²) in [4.78, 5) is 32.1. The third-order valence-electron chi connectivity index (χ3n) is 7.83. The van der Waals surface area contributed by atoms with Crippen molar-refractivity contribution in [1.29, 1.82) is 0 Å². The van der Waals surface area contributed by atoms with E-state index in [0.29, 0.717) is 22.2 Å². The molecule has 5 rings (SSSR count). The van der Waals surface area contributed by atoms with Crippen LogP contribution >= 0.6 is 23.2 Å². The van der Waals surface area contributed by atoms with Crippen molar-refractivity contribution in [3.05, 3.63) is 69.2 Å². The highest BCUT2D eigenvalue weighted by molar-refractivity contribution is 6.35. The van der Waals surface area contributed by atoms with E-state index in [4.69, 9.17) is 23.2 Å². The molecular weight excluding hydrogens is 481 g/mol. The number of benzene rings is 2. The molecule has 2 aromatic carbocycles. The zero-order valence-electron chi connectivity index (χ0n) is 20.0. The van der Waals surface area contributed by atoms with Crippen molar-refractivity contribution in [1.82, 2.24) is 15.1 Å². The smallest absolute Gasteiger partial charge is 0.254 e. The zero-order chi connectivity index (χ0) is 24.4. The number of likely N-dealkylation sites (tertiary alicyclic amines) is 1. The third kappa shape index (κ3) is 5.09. The monoisotopic (exact) mass is 513 g/mol. The van der Waals surface area contributed by atoms with Crippen molar-refractivity contribution >= 4 is 35.0 Å². The first-order valence-corrected chi connectivity index (χ1v) is 13.7. The van der Waals surface area contributed by atoms with E-state index in [1.165, 1.54) is 19.3 Å². The molecule has 0 unspecified atom stereocenters. The van der Waals surface area contributed by atoms with E-state index in [2.05, 4.69) is 10.2 Å². The predicted octanol–water partition coefficient (Wildman–Crippen LogP) is 5.82. The highest BCUT2D eigenvalue weighted by Gasteiger charge is 2.47. The molecular formula is C28H33Cl2N3O2. The van der Waals surface area contributed by atoms with Crippen LogP contribution in [0.5, 0.6) is 0 Å². The van der Waals surface area contributed by atoms with Gasteiger partial charge in [-0.15, -0.1) is 0 Å². The Morgan fingerprint density at radius 3 is 2.43 bits per heavy atom. The highest BCUT2D eigenvalue weighted by Crippen LogP contribution is 2.47. The van der Waals surface area contributed by atoms with Gasteiger partial charge in [-0.2, -0.15) is 0 Å². The number of hydrogen-bond acceptors (Lipinski definition) is 3. The molecule has 0 radical (unpaired) electrons. The van der Waals surface area contributed by atoms with Crippen LogP contribution in [-0.4, -0.2) is 53.8 Å². The number of nitrogens with one attached hydrogen (secondary N) is 1. The normalized spacial score (nSPS) is 23.4. The quantitative estimate of drug-likeness (QED) is 0.529. The van der Waals surface area contributed by atoms with Gasteiger partial charge < -0.3 is 15.1 Å². The van der Waals surface area contributed by atoms with Crippen LogP contribution in [0.15, 0.2) is 42.5 Å². The molecule has 1 N–H and O–H groups in total. The van der Waals surface area contributed by atoms with Crippen molar-refractivity contribution < 1.29 is 9.59 Å². The van der Waals surface area contributed by atoms with Crippen LogP contribution in [0.4, 0.5) is 0 Å². The fourth-order valence-corrected chi connectivity index (χ4v) is 6.64. The molecule has 35 heavy (non-hydrogen) atoms. The van der Waals surface area contributed by atoms with Crippen molar-refractivity contribution in [3.8, 4) is 0 Å². The van der Waals surface area contributed by atoms with Gasteiger partial charge in [0.25, 0.3) is 5.91 Å².